The molecule has 0 N–H and O–H groups in total. The third-order valence-corrected chi connectivity index (χ3v) is 12.6. The van der Waals surface area contributed by atoms with Crippen molar-refractivity contribution < 1.29 is 4.42 Å². The van der Waals surface area contributed by atoms with Crippen molar-refractivity contribution in [1.82, 2.24) is 0 Å². The average Bonchev–Trinajstić information content (AvgIpc) is 3.78. The molecule has 0 saturated heterocycles. The fourth-order valence-corrected chi connectivity index (χ4v) is 10.2. The van der Waals surface area contributed by atoms with E-state index in [1.54, 1.807) is 0 Å². The first kappa shape index (κ1) is 29.8. The molecule has 0 aliphatic heterocycles. The normalized spacial score (nSPS) is 12.1. The van der Waals surface area contributed by atoms with E-state index in [4.69, 9.17) is 4.42 Å². The molecule has 1 nitrogen and oxygen atoms in total. The first-order chi connectivity index (χ1) is 26.8. The third-order valence-electron chi connectivity index (χ3n) is 11.5. The fourth-order valence-electron chi connectivity index (χ4n) is 9.09. The topological polar surface area (TPSA) is 13.1 Å². The van der Waals surface area contributed by atoms with Gasteiger partial charge in [-0.2, -0.15) is 0 Å². The lowest BCUT2D eigenvalue weighted by atomic mass is 9.84. The molecule has 0 aliphatic carbocycles. The lowest BCUT2D eigenvalue weighted by Gasteiger charge is -2.19. The van der Waals surface area contributed by atoms with Gasteiger partial charge in [-0.05, 0) is 101 Å². The summed E-state index contributed by atoms with van der Waals surface area (Å²) in [6.07, 6.45) is 0. The molecule has 2 heteroatoms. The highest BCUT2D eigenvalue weighted by atomic mass is 32.1. The van der Waals surface area contributed by atoms with Crippen LogP contribution in [0.4, 0.5) is 0 Å². The Morgan fingerprint density at radius 3 is 1.65 bits per heavy atom. The van der Waals surface area contributed by atoms with Crippen LogP contribution in [0.5, 0.6) is 0 Å². The molecule has 250 valence electrons. The summed E-state index contributed by atoms with van der Waals surface area (Å²) in [5.74, 6) is 0. The van der Waals surface area contributed by atoms with Gasteiger partial charge in [0.2, 0.25) is 0 Å². The molecule has 0 unspecified atom stereocenters. The van der Waals surface area contributed by atoms with Crippen LogP contribution >= 0.6 is 11.3 Å². The quantitative estimate of drug-likeness (QED) is 0.167. The van der Waals surface area contributed by atoms with Crippen molar-refractivity contribution in [2.45, 2.75) is 0 Å². The molecule has 0 amide bonds. The number of thiophene rings is 1. The molecule has 12 rings (SSSR count). The van der Waals surface area contributed by atoms with E-state index in [1.165, 1.54) is 107 Å². The maximum atomic E-state index is 6.44. The highest BCUT2D eigenvalue weighted by Crippen LogP contribution is 2.47. The summed E-state index contributed by atoms with van der Waals surface area (Å²) >= 11 is 1.85. The van der Waals surface area contributed by atoms with Crippen LogP contribution in [0.15, 0.2) is 186 Å². The Hall–Kier alpha value is -6.74. The minimum absolute atomic E-state index is 0.941. The van der Waals surface area contributed by atoms with Gasteiger partial charge in [0, 0.05) is 30.9 Å². The van der Waals surface area contributed by atoms with Crippen LogP contribution in [0.2, 0.25) is 0 Å². The SMILES string of the molecule is c1ccc(-c2c3ccccc3c(-c3ccc(-c4ccc5c(c4)sc4cc6oc7ccc8ccccc8c7c6cc45)c4ccccc34)c3ccccc23)cc1. The standard InChI is InChI=1S/C52H30OS/c1-2-13-32(14-3-1)50-39-18-8-10-20-41(39)51(42-21-11-9-19-40(42)50)43-26-25-34(36-16-6-7-17-37(36)43)33-22-24-38-44-29-45-47(30-49(44)54-48(38)28-33)53-46-27-23-31-12-4-5-15-35(31)52(45)46/h1-30H. The highest BCUT2D eigenvalue weighted by molar-refractivity contribution is 7.25. The van der Waals surface area contributed by atoms with Gasteiger partial charge in [-0.15, -0.1) is 11.3 Å². The van der Waals surface area contributed by atoms with E-state index in [2.05, 4.69) is 182 Å². The van der Waals surface area contributed by atoms with E-state index in [1.807, 2.05) is 11.3 Å². The number of rotatable bonds is 3. The highest BCUT2D eigenvalue weighted by Gasteiger charge is 2.20. The van der Waals surface area contributed by atoms with Crippen LogP contribution in [0.25, 0.3) is 119 Å². The Kier molecular flexibility index (Phi) is 6.28. The molecule has 0 fully saturated rings. The molecular weight excluding hydrogens is 673 g/mol. The molecule has 0 bridgehead atoms. The predicted octanol–water partition coefficient (Wildman–Crippen LogP) is 15.6. The molecular formula is C52H30OS. The minimum atomic E-state index is 0.941. The Labute approximate surface area is 314 Å². The smallest absolute Gasteiger partial charge is 0.136 e. The van der Waals surface area contributed by atoms with Crippen molar-refractivity contribution in [3.63, 3.8) is 0 Å². The van der Waals surface area contributed by atoms with Crippen LogP contribution in [-0.2, 0) is 0 Å². The molecule has 0 saturated carbocycles. The second-order valence-electron chi connectivity index (χ2n) is 14.3. The monoisotopic (exact) mass is 702 g/mol. The largest absolute Gasteiger partial charge is 0.456 e. The van der Waals surface area contributed by atoms with Gasteiger partial charge in [-0.1, -0.05) is 158 Å². The van der Waals surface area contributed by atoms with Crippen molar-refractivity contribution in [3.8, 4) is 33.4 Å². The van der Waals surface area contributed by atoms with E-state index < -0.39 is 0 Å². The number of fused-ring (bicyclic) bond motifs is 11. The molecule has 0 spiro atoms. The summed E-state index contributed by atoms with van der Waals surface area (Å²) in [5.41, 5.74) is 9.43. The van der Waals surface area contributed by atoms with Crippen molar-refractivity contribution in [2.24, 2.45) is 0 Å². The number of benzene rings is 10. The summed E-state index contributed by atoms with van der Waals surface area (Å²) in [6, 6.07) is 66.7. The van der Waals surface area contributed by atoms with Crippen LogP contribution < -0.4 is 0 Å². The predicted molar refractivity (Wildman–Crippen MR) is 233 cm³/mol. The lowest BCUT2D eigenvalue weighted by Crippen LogP contribution is -1.92. The Morgan fingerprint density at radius 1 is 0.315 bits per heavy atom. The van der Waals surface area contributed by atoms with Crippen LogP contribution in [0, 0.1) is 0 Å². The van der Waals surface area contributed by atoms with Gasteiger partial charge in [-0.3, -0.25) is 0 Å². The van der Waals surface area contributed by atoms with Crippen molar-refractivity contribution in [2.75, 3.05) is 0 Å². The van der Waals surface area contributed by atoms with Crippen molar-refractivity contribution >= 4 is 96.5 Å². The summed E-state index contributed by atoms with van der Waals surface area (Å²) in [4.78, 5) is 0. The summed E-state index contributed by atoms with van der Waals surface area (Å²) in [7, 11) is 0. The Morgan fingerprint density at radius 2 is 0.907 bits per heavy atom. The molecule has 2 aromatic heterocycles. The molecule has 12 aromatic rings. The molecule has 2 heterocycles. The fraction of sp³-hybridized carbons (Fsp3) is 0. The van der Waals surface area contributed by atoms with E-state index in [9.17, 15) is 0 Å². The second kappa shape index (κ2) is 11.4. The molecule has 0 radical (unpaired) electrons. The summed E-state index contributed by atoms with van der Waals surface area (Å²) in [5, 5.41) is 15.0. The Balaban J connectivity index is 1.06. The number of hydrogen-bond donors (Lipinski definition) is 0. The molecule has 0 atom stereocenters. The van der Waals surface area contributed by atoms with Crippen molar-refractivity contribution in [3.05, 3.63) is 182 Å². The zero-order chi connectivity index (χ0) is 35.3. The van der Waals surface area contributed by atoms with Crippen LogP contribution in [0.3, 0.4) is 0 Å². The second-order valence-corrected chi connectivity index (χ2v) is 15.4. The number of hydrogen-bond acceptors (Lipinski definition) is 2. The van der Waals surface area contributed by atoms with Gasteiger partial charge in [0.25, 0.3) is 0 Å². The summed E-state index contributed by atoms with van der Waals surface area (Å²) in [6.45, 7) is 0. The van der Waals surface area contributed by atoms with Crippen LogP contribution in [0.1, 0.15) is 0 Å². The molecule has 0 aliphatic rings. The van der Waals surface area contributed by atoms with Gasteiger partial charge in [0.1, 0.15) is 11.2 Å². The zero-order valence-electron chi connectivity index (χ0n) is 29.1. The first-order valence-corrected chi connectivity index (χ1v) is 19.3. The van der Waals surface area contributed by atoms with Gasteiger partial charge >= 0.3 is 0 Å². The molecule has 10 aromatic carbocycles. The third kappa shape index (κ3) is 4.26. The van der Waals surface area contributed by atoms with E-state index >= 15 is 0 Å². The van der Waals surface area contributed by atoms with Crippen LogP contribution in [-0.4, -0.2) is 0 Å². The van der Waals surface area contributed by atoms with Gasteiger partial charge < -0.3 is 4.42 Å². The van der Waals surface area contributed by atoms with Gasteiger partial charge in [-0.25, -0.2) is 0 Å². The van der Waals surface area contributed by atoms with E-state index in [0.717, 1.165) is 11.2 Å². The maximum Gasteiger partial charge on any atom is 0.136 e. The minimum Gasteiger partial charge on any atom is -0.456 e. The van der Waals surface area contributed by atoms with Crippen molar-refractivity contribution in [1.29, 1.82) is 0 Å². The molecule has 54 heavy (non-hydrogen) atoms. The Bertz CT molecular complexity index is 3440. The average molecular weight is 703 g/mol. The number of furan rings is 1. The maximum absolute atomic E-state index is 6.44. The zero-order valence-corrected chi connectivity index (χ0v) is 30.0. The van der Waals surface area contributed by atoms with E-state index in [0.29, 0.717) is 0 Å². The lowest BCUT2D eigenvalue weighted by molar-refractivity contribution is 0.670. The first-order valence-electron chi connectivity index (χ1n) is 18.5. The van der Waals surface area contributed by atoms with Gasteiger partial charge in [0.05, 0.1) is 0 Å². The van der Waals surface area contributed by atoms with Gasteiger partial charge in [0.15, 0.2) is 0 Å². The summed E-state index contributed by atoms with van der Waals surface area (Å²) < 4.78 is 8.97. The van der Waals surface area contributed by atoms with E-state index in [-0.39, 0.29) is 0 Å².